The third kappa shape index (κ3) is 6.24. The maximum Gasteiger partial charge on any atom is 0.418 e. The molecule has 5 rings (SSSR count). The number of piperazine rings is 1. The summed E-state index contributed by atoms with van der Waals surface area (Å²) in [6.45, 7) is 11.8. The lowest BCUT2D eigenvalue weighted by atomic mass is 10.0. The minimum absolute atomic E-state index is 0.0291. The van der Waals surface area contributed by atoms with Crippen molar-refractivity contribution in [3.63, 3.8) is 0 Å². The summed E-state index contributed by atoms with van der Waals surface area (Å²) < 4.78 is 87.7. The summed E-state index contributed by atoms with van der Waals surface area (Å²) in [7, 11) is -4.37. The first-order valence-corrected chi connectivity index (χ1v) is 17.1. The van der Waals surface area contributed by atoms with Crippen LogP contribution >= 0.6 is 0 Å². The Morgan fingerprint density at radius 1 is 1.10 bits per heavy atom. The predicted molar refractivity (Wildman–Crippen MR) is 178 cm³/mol. The minimum Gasteiger partial charge on any atom is -0.384 e. The van der Waals surface area contributed by atoms with Crippen LogP contribution in [-0.2, 0) is 20.8 Å². The summed E-state index contributed by atoms with van der Waals surface area (Å²) in [5.41, 5.74) is 1.92. The van der Waals surface area contributed by atoms with Crippen molar-refractivity contribution in [2.75, 3.05) is 36.5 Å². The standard InChI is InChI=1S/C33H35F4N7O4S/c1-8-23(45)43-12-11-42(15-19(43)6)29-20-14-21(34)26(27-24(33(35,36)37)18(5)13-22(38)40-27)41-31(20)44(32(46)30(29)49(7,47)48)28-17(4)9-10-39-25(28)16(2)3/h8-10,13-14,16,19H,1,11-12,15H2,2-7H3,(H2,38,40)/t19-/m1/s1. The van der Waals surface area contributed by atoms with E-state index in [0.717, 1.165) is 36.0 Å². The van der Waals surface area contributed by atoms with E-state index < -0.39 is 55.3 Å². The zero-order valence-corrected chi connectivity index (χ0v) is 28.5. The summed E-state index contributed by atoms with van der Waals surface area (Å²) in [4.78, 5) is 42.2. The molecule has 1 saturated heterocycles. The van der Waals surface area contributed by atoms with Crippen molar-refractivity contribution in [2.24, 2.45) is 0 Å². The molecule has 0 spiro atoms. The molecule has 5 heterocycles. The molecule has 1 aliphatic rings. The van der Waals surface area contributed by atoms with Crippen LogP contribution in [0.5, 0.6) is 0 Å². The van der Waals surface area contributed by atoms with Crippen LogP contribution in [0.1, 0.15) is 49.1 Å². The molecular formula is C33H35F4N7O4S. The van der Waals surface area contributed by atoms with Crippen molar-refractivity contribution in [1.82, 2.24) is 24.4 Å². The van der Waals surface area contributed by atoms with Gasteiger partial charge in [0.1, 0.15) is 17.2 Å². The SMILES string of the molecule is C=CC(=O)N1CCN(c2c(S(C)(=O)=O)c(=O)n(-c3c(C)ccnc3C(C)C)c3nc(-c4nc(N)cc(C)c4C(F)(F)F)c(F)cc23)C[C@H]1C. The predicted octanol–water partition coefficient (Wildman–Crippen LogP) is 4.95. The van der Waals surface area contributed by atoms with Crippen LogP contribution in [0.4, 0.5) is 29.1 Å². The van der Waals surface area contributed by atoms with Gasteiger partial charge in [-0.25, -0.2) is 22.8 Å². The zero-order valence-electron chi connectivity index (χ0n) is 27.7. The Balaban J connectivity index is 2.00. The van der Waals surface area contributed by atoms with Crippen molar-refractivity contribution < 1.29 is 30.8 Å². The lowest BCUT2D eigenvalue weighted by Gasteiger charge is -2.41. The lowest BCUT2D eigenvalue weighted by Crippen LogP contribution is -2.54. The average molecular weight is 702 g/mol. The monoisotopic (exact) mass is 701 g/mol. The van der Waals surface area contributed by atoms with E-state index in [0.29, 0.717) is 11.3 Å². The van der Waals surface area contributed by atoms with E-state index in [1.165, 1.54) is 11.1 Å². The first-order valence-electron chi connectivity index (χ1n) is 15.3. The fourth-order valence-corrected chi connectivity index (χ4v) is 7.38. The molecule has 4 aromatic heterocycles. The van der Waals surface area contributed by atoms with E-state index in [1.807, 2.05) is 0 Å². The number of anilines is 2. The molecule has 2 N–H and O–H groups in total. The smallest absolute Gasteiger partial charge is 0.384 e. The molecule has 1 fully saturated rings. The number of fused-ring (bicyclic) bond motifs is 1. The Kier molecular flexibility index (Phi) is 9.08. The lowest BCUT2D eigenvalue weighted by molar-refractivity contribution is -0.137. The number of nitrogens with two attached hydrogens (primary N) is 1. The highest BCUT2D eigenvalue weighted by atomic mass is 32.2. The van der Waals surface area contributed by atoms with Gasteiger partial charge in [0.25, 0.3) is 5.56 Å². The minimum atomic E-state index is -4.99. The van der Waals surface area contributed by atoms with Gasteiger partial charge in [-0.15, -0.1) is 0 Å². The van der Waals surface area contributed by atoms with Crippen molar-refractivity contribution in [3.05, 3.63) is 75.6 Å². The highest BCUT2D eigenvalue weighted by molar-refractivity contribution is 7.90. The Hall–Kier alpha value is -4.86. The Morgan fingerprint density at radius 2 is 1.78 bits per heavy atom. The van der Waals surface area contributed by atoms with E-state index in [-0.39, 0.29) is 65.2 Å². The second-order valence-corrected chi connectivity index (χ2v) is 14.4. The summed E-state index contributed by atoms with van der Waals surface area (Å²) in [6, 6.07) is 2.96. The second kappa shape index (κ2) is 12.5. The molecule has 1 amide bonds. The molecular weight excluding hydrogens is 666 g/mol. The fraction of sp³-hybridized carbons (Fsp3) is 0.364. The molecule has 16 heteroatoms. The molecule has 0 unspecified atom stereocenters. The number of aromatic nitrogens is 4. The number of nitrogen functional groups attached to an aromatic ring is 1. The van der Waals surface area contributed by atoms with Gasteiger partial charge in [0, 0.05) is 43.5 Å². The van der Waals surface area contributed by atoms with Gasteiger partial charge in [0.15, 0.2) is 26.2 Å². The number of amides is 1. The number of carbonyl (C=O) groups is 1. The molecule has 0 bridgehead atoms. The largest absolute Gasteiger partial charge is 0.418 e. The number of hydrogen-bond acceptors (Lipinski definition) is 9. The van der Waals surface area contributed by atoms with E-state index in [1.54, 1.807) is 38.7 Å². The molecule has 1 aliphatic heterocycles. The number of nitrogens with zero attached hydrogens (tertiary/aromatic N) is 6. The van der Waals surface area contributed by atoms with Gasteiger partial charge in [-0.05, 0) is 62.1 Å². The van der Waals surface area contributed by atoms with Crippen LogP contribution in [0.25, 0.3) is 28.1 Å². The first kappa shape index (κ1) is 35.4. The van der Waals surface area contributed by atoms with Gasteiger partial charge in [-0.3, -0.25) is 19.1 Å². The number of aryl methyl sites for hydroxylation is 2. The number of alkyl halides is 3. The van der Waals surface area contributed by atoms with Crippen molar-refractivity contribution >= 4 is 38.3 Å². The normalized spacial score (nSPS) is 15.7. The van der Waals surface area contributed by atoms with Gasteiger partial charge in [-0.1, -0.05) is 20.4 Å². The van der Waals surface area contributed by atoms with E-state index in [4.69, 9.17) is 5.73 Å². The molecule has 0 aromatic carbocycles. The number of hydrogen-bond donors (Lipinski definition) is 1. The molecule has 1 atom stereocenters. The molecule has 4 aromatic rings. The van der Waals surface area contributed by atoms with Crippen LogP contribution < -0.4 is 16.2 Å². The maximum atomic E-state index is 16.4. The summed E-state index contributed by atoms with van der Waals surface area (Å²) in [5, 5.41) is -0.163. The molecule has 0 aliphatic carbocycles. The topological polar surface area (TPSA) is 144 Å². The van der Waals surface area contributed by atoms with Crippen molar-refractivity contribution in [1.29, 1.82) is 0 Å². The van der Waals surface area contributed by atoms with Crippen molar-refractivity contribution in [2.45, 2.75) is 57.7 Å². The number of sulfone groups is 1. The summed E-state index contributed by atoms with van der Waals surface area (Å²) >= 11 is 0. The Morgan fingerprint density at radius 3 is 2.35 bits per heavy atom. The quantitative estimate of drug-likeness (QED) is 0.218. The molecule has 0 radical (unpaired) electrons. The molecule has 0 saturated carbocycles. The fourth-order valence-electron chi connectivity index (χ4n) is 6.38. The van der Waals surface area contributed by atoms with Crippen LogP contribution in [-0.4, -0.2) is 70.7 Å². The zero-order chi connectivity index (χ0) is 36.3. The second-order valence-electron chi connectivity index (χ2n) is 12.4. The molecule has 49 heavy (non-hydrogen) atoms. The Labute approximate surface area is 280 Å². The first-order chi connectivity index (χ1) is 22.8. The number of carbonyl (C=O) groups excluding carboxylic acids is 1. The Bertz CT molecular complexity index is 2200. The van der Waals surface area contributed by atoms with Gasteiger partial charge >= 0.3 is 6.18 Å². The average Bonchev–Trinajstić information content (AvgIpc) is 2.98. The summed E-state index contributed by atoms with van der Waals surface area (Å²) in [6.07, 6.45) is -1.49. The molecule has 11 nitrogen and oxygen atoms in total. The van der Waals surface area contributed by atoms with Gasteiger partial charge < -0.3 is 15.5 Å². The number of halogens is 4. The van der Waals surface area contributed by atoms with Gasteiger partial charge in [0.2, 0.25) is 5.91 Å². The molecule has 260 valence electrons. The van der Waals surface area contributed by atoms with Gasteiger partial charge in [-0.2, -0.15) is 13.2 Å². The van der Waals surface area contributed by atoms with Crippen LogP contribution in [0.3, 0.4) is 0 Å². The highest BCUT2D eigenvalue weighted by Gasteiger charge is 2.39. The highest BCUT2D eigenvalue weighted by Crippen LogP contribution is 2.42. The van der Waals surface area contributed by atoms with Crippen LogP contribution in [0, 0.1) is 19.7 Å². The number of pyridine rings is 4. The van der Waals surface area contributed by atoms with Gasteiger partial charge in [0.05, 0.1) is 22.6 Å². The van der Waals surface area contributed by atoms with Crippen LogP contribution in [0.2, 0.25) is 0 Å². The summed E-state index contributed by atoms with van der Waals surface area (Å²) in [5.74, 6) is -2.25. The third-order valence-corrected chi connectivity index (χ3v) is 9.59. The number of rotatable bonds is 6. The van der Waals surface area contributed by atoms with E-state index in [2.05, 4.69) is 21.5 Å². The van der Waals surface area contributed by atoms with Crippen LogP contribution in [0.15, 0.2) is 46.7 Å². The maximum absolute atomic E-state index is 16.4. The van der Waals surface area contributed by atoms with Crippen molar-refractivity contribution in [3.8, 4) is 17.1 Å². The van der Waals surface area contributed by atoms with E-state index in [9.17, 15) is 31.2 Å². The third-order valence-electron chi connectivity index (χ3n) is 8.48. The van der Waals surface area contributed by atoms with E-state index >= 15 is 4.39 Å².